The highest BCUT2D eigenvalue weighted by molar-refractivity contribution is 5.97. The van der Waals surface area contributed by atoms with Crippen molar-refractivity contribution in [2.24, 2.45) is 0 Å². The number of hydrogen-bond acceptors (Lipinski definition) is 7. The van der Waals surface area contributed by atoms with Crippen molar-refractivity contribution in [1.82, 2.24) is 10.6 Å². The molecule has 2 aliphatic heterocycles. The molecule has 8 heteroatoms. The molecule has 0 bridgehead atoms. The zero-order chi connectivity index (χ0) is 26.6. The van der Waals surface area contributed by atoms with Gasteiger partial charge >= 0.3 is 0 Å². The lowest BCUT2D eigenvalue weighted by molar-refractivity contribution is 0.00674. The van der Waals surface area contributed by atoms with Crippen LogP contribution in [0.4, 0.5) is 0 Å². The smallest absolute Gasteiger partial charge is 0.255 e. The van der Waals surface area contributed by atoms with Crippen LogP contribution in [0.2, 0.25) is 0 Å². The molecule has 0 spiro atoms. The van der Waals surface area contributed by atoms with Crippen LogP contribution in [-0.2, 0) is 0 Å². The first-order chi connectivity index (χ1) is 18.5. The van der Waals surface area contributed by atoms with E-state index in [1.165, 1.54) is 0 Å². The van der Waals surface area contributed by atoms with E-state index in [0.717, 1.165) is 53.9 Å². The van der Waals surface area contributed by atoms with Gasteiger partial charge in [-0.2, -0.15) is 0 Å². The predicted octanol–water partition coefficient (Wildman–Crippen LogP) is 4.29. The Labute approximate surface area is 222 Å². The van der Waals surface area contributed by atoms with E-state index in [9.17, 15) is 9.90 Å². The molecule has 1 saturated heterocycles. The summed E-state index contributed by atoms with van der Waals surface area (Å²) in [4.78, 5) is 13.2. The summed E-state index contributed by atoms with van der Waals surface area (Å²) >= 11 is 0. The van der Waals surface area contributed by atoms with Gasteiger partial charge in [0.1, 0.15) is 29.1 Å². The standard InChI is InChI=1S/C30H32N2O6/c1-18-26(37-23-8-5-13-31-17-23)11-9-20-16-25(30(34)38-28(18)20)32-29(33)21-10-12-27(36-3)24(15-21)19-6-4-7-22(14-19)35-2/h4,6-7,9-12,14-16,23,30-31,34H,5,8,13,17H2,1-3H3,(H,32,33). The zero-order valence-electron chi connectivity index (χ0n) is 21.7. The third-order valence-electron chi connectivity index (χ3n) is 6.84. The molecule has 1 amide bonds. The van der Waals surface area contributed by atoms with Crippen LogP contribution in [0, 0.1) is 6.92 Å². The van der Waals surface area contributed by atoms with Crippen LogP contribution in [0.25, 0.3) is 17.2 Å². The number of fused-ring (bicyclic) bond motifs is 1. The molecule has 5 rings (SSSR count). The summed E-state index contributed by atoms with van der Waals surface area (Å²) in [6.45, 7) is 3.73. The molecule has 2 heterocycles. The largest absolute Gasteiger partial charge is 0.497 e. The third-order valence-corrected chi connectivity index (χ3v) is 6.84. The minimum Gasteiger partial charge on any atom is -0.497 e. The molecule has 38 heavy (non-hydrogen) atoms. The van der Waals surface area contributed by atoms with Crippen molar-refractivity contribution in [3.63, 3.8) is 0 Å². The van der Waals surface area contributed by atoms with Gasteiger partial charge in [-0.25, -0.2) is 0 Å². The van der Waals surface area contributed by atoms with Crippen molar-refractivity contribution in [2.45, 2.75) is 32.2 Å². The number of benzene rings is 3. The van der Waals surface area contributed by atoms with E-state index < -0.39 is 6.29 Å². The molecular weight excluding hydrogens is 484 g/mol. The van der Waals surface area contributed by atoms with Crippen molar-refractivity contribution in [2.75, 3.05) is 27.3 Å². The zero-order valence-corrected chi connectivity index (χ0v) is 21.7. The van der Waals surface area contributed by atoms with Crippen molar-refractivity contribution < 1.29 is 28.8 Å². The van der Waals surface area contributed by atoms with Gasteiger partial charge in [-0.15, -0.1) is 0 Å². The summed E-state index contributed by atoms with van der Waals surface area (Å²) in [5, 5.41) is 16.9. The van der Waals surface area contributed by atoms with Gasteiger partial charge in [-0.1, -0.05) is 12.1 Å². The number of hydrogen-bond donors (Lipinski definition) is 3. The summed E-state index contributed by atoms with van der Waals surface area (Å²) in [7, 11) is 3.19. The Morgan fingerprint density at radius 3 is 2.68 bits per heavy atom. The van der Waals surface area contributed by atoms with Gasteiger partial charge in [0.25, 0.3) is 5.91 Å². The summed E-state index contributed by atoms with van der Waals surface area (Å²) in [5.41, 5.74) is 3.82. The van der Waals surface area contributed by atoms with E-state index in [2.05, 4.69) is 10.6 Å². The summed E-state index contributed by atoms with van der Waals surface area (Å²) in [6, 6.07) is 16.5. The SMILES string of the molecule is COc1cccc(-c2cc(C(=O)NC3=Cc4ccc(OC5CCCNC5)c(C)c4OC3O)ccc2OC)c1. The topological polar surface area (TPSA) is 98.3 Å². The highest BCUT2D eigenvalue weighted by atomic mass is 16.6. The average Bonchev–Trinajstić information content (AvgIpc) is 2.95. The molecule has 0 radical (unpaired) electrons. The molecule has 2 unspecified atom stereocenters. The fraction of sp³-hybridized carbons (Fsp3) is 0.300. The number of ether oxygens (including phenoxy) is 4. The normalized spacial score (nSPS) is 18.5. The van der Waals surface area contributed by atoms with E-state index in [4.69, 9.17) is 18.9 Å². The molecule has 3 N–H and O–H groups in total. The molecular formula is C30H32N2O6. The van der Waals surface area contributed by atoms with Gasteiger partial charge in [-0.3, -0.25) is 4.79 Å². The Morgan fingerprint density at radius 1 is 1.08 bits per heavy atom. The van der Waals surface area contributed by atoms with Crippen LogP contribution < -0.4 is 29.6 Å². The van der Waals surface area contributed by atoms with Gasteiger partial charge in [-0.05, 0) is 80.4 Å². The number of nitrogens with one attached hydrogen (secondary N) is 2. The first-order valence-corrected chi connectivity index (χ1v) is 12.7. The second-order valence-electron chi connectivity index (χ2n) is 9.36. The number of piperidine rings is 1. The van der Waals surface area contributed by atoms with Crippen molar-refractivity contribution in [3.05, 3.63) is 77.0 Å². The van der Waals surface area contributed by atoms with Crippen LogP contribution in [0.3, 0.4) is 0 Å². The molecule has 0 aliphatic carbocycles. The van der Waals surface area contributed by atoms with Gasteiger partial charge in [0.05, 0.1) is 19.9 Å². The van der Waals surface area contributed by atoms with Crippen LogP contribution in [-0.4, -0.2) is 50.7 Å². The number of rotatable bonds is 7. The fourth-order valence-corrected chi connectivity index (χ4v) is 4.77. The molecule has 1 fully saturated rings. The summed E-state index contributed by atoms with van der Waals surface area (Å²) in [6.07, 6.45) is 2.57. The van der Waals surface area contributed by atoms with E-state index >= 15 is 0 Å². The number of aliphatic hydroxyl groups is 1. The lowest BCUT2D eigenvalue weighted by Crippen LogP contribution is -2.37. The van der Waals surface area contributed by atoms with Gasteiger partial charge in [0, 0.05) is 28.8 Å². The Kier molecular flexibility index (Phi) is 7.53. The molecule has 2 aliphatic rings. The molecule has 3 aromatic carbocycles. The van der Waals surface area contributed by atoms with Crippen molar-refractivity contribution in [3.8, 4) is 34.1 Å². The van der Waals surface area contributed by atoms with Gasteiger partial charge in [0.15, 0.2) is 0 Å². The quantitative estimate of drug-likeness (QED) is 0.431. The fourth-order valence-electron chi connectivity index (χ4n) is 4.77. The third kappa shape index (κ3) is 5.32. The highest BCUT2D eigenvalue weighted by Crippen LogP contribution is 2.38. The predicted molar refractivity (Wildman–Crippen MR) is 145 cm³/mol. The number of carbonyl (C=O) groups is 1. The van der Waals surface area contributed by atoms with Gasteiger partial charge < -0.3 is 34.7 Å². The second kappa shape index (κ2) is 11.2. The minimum atomic E-state index is -1.33. The second-order valence-corrected chi connectivity index (χ2v) is 9.36. The monoisotopic (exact) mass is 516 g/mol. The molecule has 0 aromatic heterocycles. The van der Waals surface area contributed by atoms with Crippen molar-refractivity contribution in [1.29, 1.82) is 0 Å². The van der Waals surface area contributed by atoms with Crippen LogP contribution >= 0.6 is 0 Å². The maximum absolute atomic E-state index is 13.2. The van der Waals surface area contributed by atoms with E-state index in [1.54, 1.807) is 38.5 Å². The molecule has 0 saturated carbocycles. The number of amides is 1. The number of aliphatic hydroxyl groups excluding tert-OH is 1. The highest BCUT2D eigenvalue weighted by Gasteiger charge is 2.26. The Balaban J connectivity index is 1.37. The number of methoxy groups -OCH3 is 2. The summed E-state index contributed by atoms with van der Waals surface area (Å²) < 4.78 is 22.9. The molecule has 198 valence electrons. The van der Waals surface area contributed by atoms with Gasteiger partial charge in [0.2, 0.25) is 6.29 Å². The molecule has 2 atom stereocenters. The molecule has 8 nitrogen and oxygen atoms in total. The minimum absolute atomic E-state index is 0.103. The maximum Gasteiger partial charge on any atom is 0.255 e. The molecule has 3 aromatic rings. The average molecular weight is 517 g/mol. The Morgan fingerprint density at radius 2 is 1.92 bits per heavy atom. The summed E-state index contributed by atoms with van der Waals surface area (Å²) in [5.74, 6) is 2.22. The van der Waals surface area contributed by atoms with Crippen LogP contribution in [0.1, 0.15) is 34.3 Å². The maximum atomic E-state index is 13.2. The lowest BCUT2D eigenvalue weighted by atomic mass is 10.0. The first-order valence-electron chi connectivity index (χ1n) is 12.7. The Hall–Kier alpha value is -4.01. The Bertz CT molecular complexity index is 1360. The van der Waals surface area contributed by atoms with E-state index in [0.29, 0.717) is 22.8 Å². The lowest BCUT2D eigenvalue weighted by Gasteiger charge is -2.28. The number of carbonyl (C=O) groups excluding carboxylic acids is 1. The first kappa shape index (κ1) is 25.6. The van der Waals surface area contributed by atoms with Crippen molar-refractivity contribution >= 4 is 12.0 Å². The van der Waals surface area contributed by atoms with E-state index in [-0.39, 0.29) is 17.7 Å². The van der Waals surface area contributed by atoms with Crippen LogP contribution in [0.5, 0.6) is 23.0 Å². The van der Waals surface area contributed by atoms with E-state index in [1.807, 2.05) is 43.3 Å². The van der Waals surface area contributed by atoms with Crippen LogP contribution in [0.15, 0.2) is 60.3 Å².